The molecule has 2 aliphatic rings. The largest absolute Gasteiger partial charge is 0.497 e. The fourth-order valence-corrected chi connectivity index (χ4v) is 5.58. The van der Waals surface area contributed by atoms with E-state index >= 15 is 0 Å². The second kappa shape index (κ2) is 8.60. The number of ether oxygens (including phenoxy) is 1. The number of thiazole rings is 1. The normalized spacial score (nSPS) is 19.1. The summed E-state index contributed by atoms with van der Waals surface area (Å²) < 4.78 is 6.25. The molecule has 3 heterocycles. The molecule has 2 aromatic carbocycles. The van der Waals surface area contributed by atoms with Crippen molar-refractivity contribution in [2.45, 2.75) is 6.42 Å². The van der Waals surface area contributed by atoms with Gasteiger partial charge in [0.2, 0.25) is 11.8 Å². The van der Waals surface area contributed by atoms with Crippen LogP contribution < -0.4 is 14.5 Å². The zero-order chi connectivity index (χ0) is 22.2. The van der Waals surface area contributed by atoms with Gasteiger partial charge in [-0.2, -0.15) is 0 Å². The Kier molecular flexibility index (Phi) is 5.65. The van der Waals surface area contributed by atoms with Crippen LogP contribution in [-0.2, 0) is 9.59 Å². The summed E-state index contributed by atoms with van der Waals surface area (Å²) in [5, 5.41) is 1.66. The number of hydrogen-bond acceptors (Lipinski definition) is 6. The van der Waals surface area contributed by atoms with Crippen LogP contribution >= 0.6 is 22.9 Å². The second-order valence-corrected chi connectivity index (χ2v) is 9.47. The first kappa shape index (κ1) is 21.0. The van der Waals surface area contributed by atoms with Gasteiger partial charge in [-0.25, -0.2) is 4.98 Å². The van der Waals surface area contributed by atoms with E-state index in [0.717, 1.165) is 39.9 Å². The fraction of sp³-hybridized carbons (Fsp3) is 0.348. The number of carbonyl (C=O) groups is 2. The average molecular weight is 471 g/mol. The van der Waals surface area contributed by atoms with Crippen molar-refractivity contribution < 1.29 is 14.3 Å². The van der Waals surface area contributed by atoms with Gasteiger partial charge in [-0.3, -0.25) is 9.59 Å². The van der Waals surface area contributed by atoms with E-state index in [1.807, 2.05) is 47.4 Å². The molecule has 2 saturated heterocycles. The highest BCUT2D eigenvalue weighted by Crippen LogP contribution is 2.32. The van der Waals surface area contributed by atoms with Crippen molar-refractivity contribution in [3.8, 4) is 5.75 Å². The minimum Gasteiger partial charge on any atom is -0.497 e. The number of piperazine rings is 1. The number of carbonyl (C=O) groups excluding carboxylic acids is 2. The monoisotopic (exact) mass is 470 g/mol. The van der Waals surface area contributed by atoms with Gasteiger partial charge in [-0.1, -0.05) is 22.9 Å². The van der Waals surface area contributed by atoms with E-state index in [4.69, 9.17) is 21.3 Å². The van der Waals surface area contributed by atoms with Crippen LogP contribution in [0.3, 0.4) is 0 Å². The maximum atomic E-state index is 13.1. The summed E-state index contributed by atoms with van der Waals surface area (Å²) in [7, 11) is 1.61. The highest BCUT2D eigenvalue weighted by atomic mass is 35.5. The van der Waals surface area contributed by atoms with Crippen molar-refractivity contribution in [3.63, 3.8) is 0 Å². The van der Waals surface area contributed by atoms with Crippen molar-refractivity contribution in [2.75, 3.05) is 49.6 Å². The van der Waals surface area contributed by atoms with Crippen molar-refractivity contribution in [1.29, 1.82) is 0 Å². The predicted molar refractivity (Wildman–Crippen MR) is 127 cm³/mol. The summed E-state index contributed by atoms with van der Waals surface area (Å²) in [6.45, 7) is 3.12. The van der Waals surface area contributed by atoms with E-state index in [9.17, 15) is 9.59 Å². The number of methoxy groups -OCH3 is 1. The first-order chi connectivity index (χ1) is 15.5. The Hall–Kier alpha value is -2.84. The molecule has 1 unspecified atom stereocenters. The first-order valence-electron chi connectivity index (χ1n) is 10.6. The molecule has 0 radical (unpaired) electrons. The number of rotatable bonds is 4. The van der Waals surface area contributed by atoms with Crippen LogP contribution in [0.1, 0.15) is 6.42 Å². The predicted octanol–water partition coefficient (Wildman–Crippen LogP) is 3.66. The SMILES string of the molecule is COc1ccc(N2CC(C(=O)N3CCN(c4nc5ccc(Cl)cc5s4)CC3)CC2=O)cc1. The number of halogens is 1. The standard InChI is InChI=1S/C23H23ClN4O3S/c1-31-18-5-3-17(4-6-18)28-14-15(12-21(28)29)22(30)26-8-10-27(11-9-26)23-25-19-7-2-16(24)13-20(19)32-23/h2-7,13,15H,8-12,14H2,1H3. The maximum Gasteiger partial charge on any atom is 0.228 e. The molecular formula is C23H23ClN4O3S. The van der Waals surface area contributed by atoms with E-state index < -0.39 is 0 Å². The van der Waals surface area contributed by atoms with Gasteiger partial charge in [0.15, 0.2) is 5.13 Å². The summed E-state index contributed by atoms with van der Waals surface area (Å²) in [5.41, 5.74) is 1.74. The third-order valence-corrected chi connectivity index (χ3v) is 7.37. The lowest BCUT2D eigenvalue weighted by Crippen LogP contribution is -2.50. The molecule has 9 heteroatoms. The highest BCUT2D eigenvalue weighted by molar-refractivity contribution is 7.22. The molecule has 32 heavy (non-hydrogen) atoms. The summed E-state index contributed by atoms with van der Waals surface area (Å²) in [4.78, 5) is 36.2. The Morgan fingerprint density at radius 2 is 1.88 bits per heavy atom. The van der Waals surface area contributed by atoms with Crippen molar-refractivity contribution in [2.24, 2.45) is 5.92 Å². The number of hydrogen-bond donors (Lipinski definition) is 0. The van der Waals surface area contributed by atoms with E-state index in [2.05, 4.69) is 4.90 Å². The minimum atomic E-state index is -0.305. The van der Waals surface area contributed by atoms with Gasteiger partial charge in [-0.05, 0) is 42.5 Å². The molecule has 0 aliphatic carbocycles. The third-order valence-electron chi connectivity index (χ3n) is 6.06. The zero-order valence-corrected chi connectivity index (χ0v) is 19.2. The molecule has 166 valence electrons. The molecule has 2 amide bonds. The molecule has 2 fully saturated rings. The fourth-order valence-electron chi connectivity index (χ4n) is 4.28. The Labute approximate surface area is 195 Å². The Balaban J connectivity index is 1.21. The van der Waals surface area contributed by atoms with Crippen LogP contribution in [0, 0.1) is 5.92 Å². The van der Waals surface area contributed by atoms with Gasteiger partial charge in [0.1, 0.15) is 5.75 Å². The molecular weight excluding hydrogens is 448 g/mol. The zero-order valence-electron chi connectivity index (χ0n) is 17.7. The quantitative estimate of drug-likeness (QED) is 0.582. The van der Waals surface area contributed by atoms with Gasteiger partial charge in [0, 0.05) is 49.9 Å². The third kappa shape index (κ3) is 4.00. The van der Waals surface area contributed by atoms with E-state index in [1.54, 1.807) is 23.3 Å². The lowest BCUT2D eigenvalue weighted by molar-refractivity contribution is -0.136. The second-order valence-electron chi connectivity index (χ2n) is 8.02. The average Bonchev–Trinajstić information content (AvgIpc) is 3.42. The summed E-state index contributed by atoms with van der Waals surface area (Å²) in [6.07, 6.45) is 0.254. The van der Waals surface area contributed by atoms with Crippen LogP contribution in [0.15, 0.2) is 42.5 Å². The lowest BCUT2D eigenvalue weighted by Gasteiger charge is -2.35. The van der Waals surface area contributed by atoms with Crippen LogP contribution in [0.4, 0.5) is 10.8 Å². The number of fused-ring (bicyclic) bond motifs is 1. The van der Waals surface area contributed by atoms with Crippen molar-refractivity contribution in [1.82, 2.24) is 9.88 Å². The number of amides is 2. The molecule has 0 bridgehead atoms. The van der Waals surface area contributed by atoms with Crippen LogP contribution in [-0.4, -0.2) is 61.5 Å². The van der Waals surface area contributed by atoms with Gasteiger partial charge < -0.3 is 19.4 Å². The molecule has 1 atom stereocenters. The summed E-state index contributed by atoms with van der Waals surface area (Å²) >= 11 is 7.71. The molecule has 0 spiro atoms. The molecule has 2 aliphatic heterocycles. The summed E-state index contributed by atoms with van der Waals surface area (Å²) in [6, 6.07) is 13.1. The molecule has 7 nitrogen and oxygen atoms in total. The lowest BCUT2D eigenvalue weighted by atomic mass is 10.1. The molecule has 3 aromatic rings. The van der Waals surface area contributed by atoms with Gasteiger partial charge in [0.25, 0.3) is 0 Å². The van der Waals surface area contributed by atoms with E-state index in [1.165, 1.54) is 0 Å². The van der Waals surface area contributed by atoms with Gasteiger partial charge >= 0.3 is 0 Å². The smallest absolute Gasteiger partial charge is 0.228 e. The molecule has 5 rings (SSSR count). The van der Waals surface area contributed by atoms with E-state index in [-0.39, 0.29) is 24.2 Å². The summed E-state index contributed by atoms with van der Waals surface area (Å²) in [5.74, 6) is 0.480. The highest BCUT2D eigenvalue weighted by Gasteiger charge is 2.38. The Morgan fingerprint density at radius 3 is 2.59 bits per heavy atom. The molecule has 0 saturated carbocycles. The Morgan fingerprint density at radius 1 is 1.12 bits per heavy atom. The van der Waals surface area contributed by atoms with Gasteiger partial charge in [0.05, 0.1) is 23.2 Å². The number of anilines is 2. The maximum absolute atomic E-state index is 13.1. The van der Waals surface area contributed by atoms with Crippen LogP contribution in [0.25, 0.3) is 10.2 Å². The first-order valence-corrected chi connectivity index (χ1v) is 11.8. The van der Waals surface area contributed by atoms with Crippen LogP contribution in [0.5, 0.6) is 5.75 Å². The number of nitrogens with zero attached hydrogens (tertiary/aromatic N) is 4. The number of benzene rings is 2. The van der Waals surface area contributed by atoms with Crippen molar-refractivity contribution >= 4 is 55.8 Å². The molecule has 0 N–H and O–H groups in total. The van der Waals surface area contributed by atoms with Crippen molar-refractivity contribution in [3.05, 3.63) is 47.5 Å². The molecule has 1 aromatic heterocycles. The van der Waals surface area contributed by atoms with E-state index in [0.29, 0.717) is 24.7 Å². The minimum absolute atomic E-state index is 0.0136. The topological polar surface area (TPSA) is 66.0 Å². The number of aromatic nitrogens is 1. The van der Waals surface area contributed by atoms with Crippen LogP contribution in [0.2, 0.25) is 5.02 Å². The Bertz CT molecular complexity index is 1160. The van der Waals surface area contributed by atoms with Gasteiger partial charge in [-0.15, -0.1) is 0 Å².